The molecule has 0 radical (unpaired) electrons. The van der Waals surface area contributed by atoms with Gasteiger partial charge in [-0.15, -0.1) is 0 Å². The fourth-order valence-electron chi connectivity index (χ4n) is 1.49. The fraction of sp³-hybridized carbons (Fsp3) is 0.909. The zero-order valence-electron chi connectivity index (χ0n) is 11.5. The van der Waals surface area contributed by atoms with Crippen molar-refractivity contribution in [1.29, 1.82) is 0 Å². The predicted octanol–water partition coefficient (Wildman–Crippen LogP) is -5.96. The Bertz CT molecular complexity index is 320. The molecule has 1 aliphatic heterocycles. The van der Waals surface area contributed by atoms with E-state index in [0.717, 1.165) is 0 Å². The second kappa shape index (κ2) is 10.1. The molecule has 1 fully saturated rings. The van der Waals surface area contributed by atoms with Gasteiger partial charge in [0.05, 0.1) is 13.2 Å². The highest BCUT2D eigenvalue weighted by Gasteiger charge is 2.42. The van der Waals surface area contributed by atoms with Crippen LogP contribution in [0.25, 0.3) is 0 Å². The van der Waals surface area contributed by atoms with Crippen LogP contribution in [0.4, 0.5) is 0 Å². The van der Waals surface area contributed by atoms with Crippen molar-refractivity contribution in [3.8, 4) is 0 Å². The SMILES string of the molecule is O=C(CO)[C@@H](O)[C@H](O)CO.OC[C@H]1O[C@H](O)[C@H](O)[C@@H](O)[C@@H]1O. The van der Waals surface area contributed by atoms with Crippen LogP contribution in [-0.2, 0) is 9.53 Å². The molecule has 0 aromatic carbocycles. The molecule has 0 amide bonds. The summed E-state index contributed by atoms with van der Waals surface area (Å²) in [5.74, 6) is -0.901. The van der Waals surface area contributed by atoms with E-state index in [-0.39, 0.29) is 0 Å². The second-order valence-electron chi connectivity index (χ2n) is 4.54. The Morgan fingerprint density at radius 1 is 0.955 bits per heavy atom. The normalized spacial score (nSPS) is 34.3. The maximum atomic E-state index is 10.3. The standard InChI is InChI=1S/C6H12O6.C5H10O5/c7-1-2-3(8)4(9)5(10)6(11)12-2;6-1-3(8)5(10)4(9)2-7/h2-11H,1H2;3,5-8,10H,1-2H2/t2-,3-,4+,5-,6+;3-,5+/m11/s1. The van der Waals surface area contributed by atoms with Gasteiger partial charge in [-0.2, -0.15) is 0 Å². The highest BCUT2D eigenvalue weighted by molar-refractivity contribution is 5.84. The molecule has 1 saturated heterocycles. The van der Waals surface area contributed by atoms with Gasteiger partial charge >= 0.3 is 0 Å². The summed E-state index contributed by atoms with van der Waals surface area (Å²) in [4.78, 5) is 10.3. The molecule has 132 valence electrons. The van der Waals surface area contributed by atoms with Gasteiger partial charge in [0.1, 0.15) is 43.2 Å². The van der Waals surface area contributed by atoms with Crippen molar-refractivity contribution in [2.24, 2.45) is 0 Å². The van der Waals surface area contributed by atoms with E-state index in [4.69, 9.17) is 46.0 Å². The van der Waals surface area contributed by atoms with Gasteiger partial charge in [0, 0.05) is 0 Å². The summed E-state index contributed by atoms with van der Waals surface area (Å²) in [7, 11) is 0. The van der Waals surface area contributed by atoms with E-state index in [1.807, 2.05) is 0 Å². The lowest BCUT2D eigenvalue weighted by atomic mass is 10.00. The molecule has 11 heteroatoms. The van der Waals surface area contributed by atoms with E-state index < -0.39 is 68.5 Å². The van der Waals surface area contributed by atoms with Crippen molar-refractivity contribution in [1.82, 2.24) is 0 Å². The van der Waals surface area contributed by atoms with Crippen LogP contribution in [-0.4, -0.2) is 114 Å². The molecule has 0 saturated carbocycles. The van der Waals surface area contributed by atoms with Crippen LogP contribution in [0.5, 0.6) is 0 Å². The Morgan fingerprint density at radius 2 is 1.50 bits per heavy atom. The van der Waals surface area contributed by atoms with Gasteiger partial charge in [-0.3, -0.25) is 4.79 Å². The number of rotatable bonds is 5. The smallest absolute Gasteiger partial charge is 0.189 e. The Morgan fingerprint density at radius 3 is 1.91 bits per heavy atom. The third kappa shape index (κ3) is 5.81. The number of aliphatic hydroxyl groups excluding tert-OH is 9. The molecule has 0 spiro atoms. The zero-order chi connectivity index (χ0) is 17.4. The predicted molar refractivity (Wildman–Crippen MR) is 67.2 cm³/mol. The maximum Gasteiger partial charge on any atom is 0.189 e. The Balaban J connectivity index is 0.000000409. The second-order valence-corrected chi connectivity index (χ2v) is 4.54. The molecular formula is C11H22O11. The number of Topliss-reactive ketones (excluding diaryl/α,β-unsaturated/α-hetero) is 1. The Kier molecular flexibility index (Phi) is 9.79. The Labute approximate surface area is 125 Å². The van der Waals surface area contributed by atoms with Crippen LogP contribution >= 0.6 is 0 Å². The topological polar surface area (TPSA) is 208 Å². The van der Waals surface area contributed by atoms with Crippen molar-refractivity contribution >= 4 is 5.78 Å². The lowest BCUT2D eigenvalue weighted by molar-refractivity contribution is -0.286. The minimum absolute atomic E-state index is 0.526. The molecule has 22 heavy (non-hydrogen) atoms. The number of aliphatic hydroxyl groups is 9. The maximum absolute atomic E-state index is 10.3. The third-order valence-electron chi connectivity index (χ3n) is 2.90. The number of carbonyl (C=O) groups excluding carboxylic acids is 1. The van der Waals surface area contributed by atoms with E-state index >= 15 is 0 Å². The molecule has 0 unspecified atom stereocenters. The molecular weight excluding hydrogens is 308 g/mol. The lowest BCUT2D eigenvalue weighted by Gasteiger charge is -2.37. The van der Waals surface area contributed by atoms with E-state index in [0.29, 0.717) is 0 Å². The van der Waals surface area contributed by atoms with Gasteiger partial charge in [0.15, 0.2) is 12.1 Å². The molecule has 1 heterocycles. The van der Waals surface area contributed by atoms with Crippen molar-refractivity contribution in [3.63, 3.8) is 0 Å². The summed E-state index contributed by atoms with van der Waals surface area (Å²) in [6, 6.07) is 0. The molecule has 7 atom stereocenters. The van der Waals surface area contributed by atoms with Crippen LogP contribution in [0.15, 0.2) is 0 Å². The highest BCUT2D eigenvalue weighted by Crippen LogP contribution is 2.18. The number of carbonyl (C=O) groups is 1. The van der Waals surface area contributed by atoms with Gasteiger partial charge in [-0.25, -0.2) is 0 Å². The number of hydrogen-bond donors (Lipinski definition) is 9. The minimum atomic E-state index is -1.69. The third-order valence-corrected chi connectivity index (χ3v) is 2.90. The monoisotopic (exact) mass is 330 g/mol. The first kappa shape index (κ1) is 21.3. The lowest BCUT2D eigenvalue weighted by Crippen LogP contribution is -2.58. The first-order valence-corrected chi connectivity index (χ1v) is 6.30. The van der Waals surface area contributed by atoms with Gasteiger partial charge in [-0.05, 0) is 0 Å². The van der Waals surface area contributed by atoms with E-state index in [9.17, 15) is 4.79 Å². The van der Waals surface area contributed by atoms with Crippen LogP contribution in [0.3, 0.4) is 0 Å². The quantitative estimate of drug-likeness (QED) is 0.232. The van der Waals surface area contributed by atoms with E-state index in [2.05, 4.69) is 4.74 Å². The fourth-order valence-corrected chi connectivity index (χ4v) is 1.49. The zero-order valence-corrected chi connectivity index (χ0v) is 11.5. The van der Waals surface area contributed by atoms with E-state index in [1.54, 1.807) is 0 Å². The summed E-state index contributed by atoms with van der Waals surface area (Å²) in [6.07, 6.45) is -10.2. The molecule has 0 aromatic rings. The van der Waals surface area contributed by atoms with Crippen molar-refractivity contribution < 1.29 is 55.5 Å². The van der Waals surface area contributed by atoms with Gasteiger partial charge < -0.3 is 50.7 Å². The van der Waals surface area contributed by atoms with Gasteiger partial charge in [0.2, 0.25) is 0 Å². The molecule has 0 aromatic heterocycles. The van der Waals surface area contributed by atoms with Crippen LogP contribution in [0.2, 0.25) is 0 Å². The summed E-state index contributed by atoms with van der Waals surface area (Å²) in [5, 5.41) is 78.3. The number of ketones is 1. The molecule has 1 aliphatic rings. The molecule has 9 N–H and O–H groups in total. The molecule has 0 bridgehead atoms. The number of ether oxygens (including phenoxy) is 1. The number of hydrogen-bond acceptors (Lipinski definition) is 11. The summed E-state index contributed by atoms with van der Waals surface area (Å²) in [6.45, 7) is -2.06. The first-order valence-electron chi connectivity index (χ1n) is 6.30. The average Bonchev–Trinajstić information content (AvgIpc) is 2.54. The summed E-state index contributed by atoms with van der Waals surface area (Å²) in [5.41, 5.74) is 0. The molecule has 1 rings (SSSR count). The van der Waals surface area contributed by atoms with E-state index in [1.165, 1.54) is 0 Å². The molecule has 0 aliphatic carbocycles. The minimum Gasteiger partial charge on any atom is -0.394 e. The van der Waals surface area contributed by atoms with Gasteiger partial charge in [0.25, 0.3) is 0 Å². The van der Waals surface area contributed by atoms with Crippen LogP contribution in [0, 0.1) is 0 Å². The summed E-state index contributed by atoms with van der Waals surface area (Å²) >= 11 is 0. The van der Waals surface area contributed by atoms with Gasteiger partial charge in [-0.1, -0.05) is 0 Å². The van der Waals surface area contributed by atoms with Crippen LogP contribution in [0.1, 0.15) is 0 Å². The highest BCUT2D eigenvalue weighted by atomic mass is 16.6. The first-order chi connectivity index (χ1) is 10.2. The molecule has 11 nitrogen and oxygen atoms in total. The Hall–Kier alpha value is -0.730. The largest absolute Gasteiger partial charge is 0.394 e. The summed E-state index contributed by atoms with van der Waals surface area (Å²) < 4.78 is 4.58. The van der Waals surface area contributed by atoms with Crippen molar-refractivity contribution in [3.05, 3.63) is 0 Å². The average molecular weight is 330 g/mol. The van der Waals surface area contributed by atoms with Crippen molar-refractivity contribution in [2.75, 3.05) is 19.8 Å². The van der Waals surface area contributed by atoms with Crippen molar-refractivity contribution in [2.45, 2.75) is 42.9 Å². The van der Waals surface area contributed by atoms with Crippen LogP contribution < -0.4 is 0 Å².